The van der Waals surface area contributed by atoms with Gasteiger partial charge in [0, 0.05) is 0 Å². The molecule has 1 aromatic rings. The summed E-state index contributed by atoms with van der Waals surface area (Å²) in [7, 11) is 0. The Morgan fingerprint density at radius 2 is 1.89 bits per heavy atom. The highest BCUT2D eigenvalue weighted by Gasteiger charge is 2.41. The van der Waals surface area contributed by atoms with Gasteiger partial charge in [0.1, 0.15) is 5.75 Å². The number of hydrogen-bond acceptors (Lipinski definition) is 4. The minimum atomic E-state index is -1.01. The molecule has 4 atom stereocenters. The second kappa shape index (κ2) is 9.02. The fourth-order valence-electron chi connectivity index (χ4n) is 4.32. The Hall–Kier alpha value is -1.30. The third-order valence-corrected chi connectivity index (χ3v) is 6.06. The summed E-state index contributed by atoms with van der Waals surface area (Å²) in [5, 5.41) is 16.9. The molecule has 3 N–H and O–H groups in total. The normalized spacial score (nSPS) is 27.1. The average molecular weight is 411 g/mol. The van der Waals surface area contributed by atoms with Crippen LogP contribution in [0.15, 0.2) is 18.2 Å². The Labute approximate surface area is 175 Å². The summed E-state index contributed by atoms with van der Waals surface area (Å²) in [5.41, 5.74) is 1.19. The number of amides is 1. The summed E-state index contributed by atoms with van der Waals surface area (Å²) >= 11 is 0. The van der Waals surface area contributed by atoms with Gasteiger partial charge in [-0.1, -0.05) is 26.0 Å². The summed E-state index contributed by atoms with van der Waals surface area (Å²) in [4.78, 5) is 13.0. The molecule has 3 rings (SSSR count). The summed E-state index contributed by atoms with van der Waals surface area (Å²) in [6.07, 6.45) is 1.08. The zero-order valence-electron chi connectivity index (χ0n) is 17.6. The lowest BCUT2D eigenvalue weighted by molar-refractivity contribution is -0.136. The number of benzene rings is 1. The quantitative estimate of drug-likeness (QED) is 0.697. The molecule has 0 unspecified atom stereocenters. The topological polar surface area (TPSA) is 70.6 Å². The van der Waals surface area contributed by atoms with E-state index in [2.05, 4.69) is 36.6 Å². The highest BCUT2D eigenvalue weighted by molar-refractivity contribution is 5.85. The van der Waals surface area contributed by atoms with Crippen molar-refractivity contribution in [1.29, 1.82) is 0 Å². The van der Waals surface area contributed by atoms with Gasteiger partial charge >= 0.3 is 0 Å². The molecule has 0 spiro atoms. The molecule has 28 heavy (non-hydrogen) atoms. The Bertz CT molecular complexity index is 692. The molecule has 5 nitrogen and oxygen atoms in total. The van der Waals surface area contributed by atoms with Gasteiger partial charge in [0.15, 0.2) is 5.60 Å². The molecule has 1 aliphatic carbocycles. The standard InChI is InChI=1S/C22H34N2O3.ClH/c1-13(2)17-7-6-14(3)8-20(17)27-22(4,5)21(26)24-18-9-15-11-23-12-16(15)10-19(18)25;/h6-8,13,15-16,18-19,23,25H,9-12H2,1-5H3,(H,24,26);1H/t15-,16+,18-,19-;/m0./s1. The third-order valence-electron chi connectivity index (χ3n) is 6.06. The molecular weight excluding hydrogens is 376 g/mol. The molecule has 0 aromatic heterocycles. The number of ether oxygens (including phenoxy) is 1. The lowest BCUT2D eigenvalue weighted by Crippen LogP contribution is -2.55. The first-order valence-electron chi connectivity index (χ1n) is 10.2. The van der Waals surface area contributed by atoms with Crippen molar-refractivity contribution in [2.24, 2.45) is 11.8 Å². The molecule has 0 radical (unpaired) electrons. The summed E-state index contributed by atoms with van der Waals surface area (Å²) < 4.78 is 6.19. The van der Waals surface area contributed by atoms with Crippen molar-refractivity contribution in [2.45, 2.75) is 71.1 Å². The largest absolute Gasteiger partial charge is 0.478 e. The maximum Gasteiger partial charge on any atom is 0.263 e. The van der Waals surface area contributed by atoms with Crippen LogP contribution in [0.4, 0.5) is 0 Å². The van der Waals surface area contributed by atoms with E-state index in [9.17, 15) is 9.90 Å². The first-order valence-corrected chi connectivity index (χ1v) is 10.2. The van der Waals surface area contributed by atoms with Crippen LogP contribution in [0.1, 0.15) is 57.6 Å². The van der Waals surface area contributed by atoms with Crippen LogP contribution in [0.2, 0.25) is 0 Å². The molecule has 1 amide bonds. The molecular formula is C22H35ClN2O3. The predicted molar refractivity (Wildman–Crippen MR) is 114 cm³/mol. The minimum Gasteiger partial charge on any atom is -0.478 e. The zero-order valence-corrected chi connectivity index (χ0v) is 18.4. The molecule has 1 heterocycles. The van der Waals surface area contributed by atoms with Crippen LogP contribution in [-0.4, -0.2) is 41.9 Å². The number of rotatable bonds is 5. The number of halogens is 1. The first-order chi connectivity index (χ1) is 12.7. The second-order valence-corrected chi connectivity index (χ2v) is 9.11. The van der Waals surface area contributed by atoms with E-state index in [0.29, 0.717) is 17.8 Å². The van der Waals surface area contributed by atoms with Gasteiger partial charge in [-0.15, -0.1) is 12.4 Å². The van der Waals surface area contributed by atoms with Gasteiger partial charge in [-0.3, -0.25) is 4.79 Å². The van der Waals surface area contributed by atoms with Gasteiger partial charge in [-0.25, -0.2) is 0 Å². The zero-order chi connectivity index (χ0) is 19.8. The average Bonchev–Trinajstić information content (AvgIpc) is 3.01. The van der Waals surface area contributed by atoms with E-state index >= 15 is 0 Å². The van der Waals surface area contributed by atoms with Gasteiger partial charge < -0.3 is 20.5 Å². The van der Waals surface area contributed by atoms with Crippen molar-refractivity contribution in [3.63, 3.8) is 0 Å². The number of aliphatic hydroxyl groups excluding tert-OH is 1. The highest BCUT2D eigenvalue weighted by Crippen LogP contribution is 2.34. The van der Waals surface area contributed by atoms with E-state index in [4.69, 9.17) is 4.74 Å². The van der Waals surface area contributed by atoms with E-state index in [1.807, 2.05) is 13.0 Å². The Balaban J connectivity index is 0.00000280. The Morgan fingerprint density at radius 1 is 1.25 bits per heavy atom. The van der Waals surface area contributed by atoms with Gasteiger partial charge in [0.2, 0.25) is 0 Å². The van der Waals surface area contributed by atoms with Crippen molar-refractivity contribution < 1.29 is 14.6 Å². The number of carbonyl (C=O) groups is 1. The van der Waals surface area contributed by atoms with E-state index in [0.717, 1.165) is 42.8 Å². The molecule has 0 bridgehead atoms. The van der Waals surface area contributed by atoms with E-state index < -0.39 is 11.7 Å². The van der Waals surface area contributed by atoms with Crippen LogP contribution in [0.5, 0.6) is 5.75 Å². The van der Waals surface area contributed by atoms with Crippen LogP contribution in [0.3, 0.4) is 0 Å². The number of aliphatic hydroxyl groups is 1. The van der Waals surface area contributed by atoms with Crippen LogP contribution >= 0.6 is 12.4 Å². The first kappa shape index (κ1) is 23.0. The SMILES string of the molecule is Cc1ccc(C(C)C)c(OC(C)(C)C(=O)N[C@H]2C[C@H]3CNC[C@H]3C[C@@H]2O)c1.Cl. The molecule has 2 fully saturated rings. The Kier molecular flexibility index (Phi) is 7.40. The summed E-state index contributed by atoms with van der Waals surface area (Å²) in [5.74, 6) is 1.96. The molecule has 2 aliphatic rings. The maximum absolute atomic E-state index is 13.0. The molecule has 1 aromatic carbocycles. The number of fused-ring (bicyclic) bond motifs is 1. The number of hydrogen-bond donors (Lipinski definition) is 3. The molecule has 1 saturated heterocycles. The molecule has 158 valence electrons. The lowest BCUT2D eigenvalue weighted by Gasteiger charge is -2.37. The van der Waals surface area contributed by atoms with Crippen LogP contribution in [-0.2, 0) is 4.79 Å². The third kappa shape index (κ3) is 5.00. The number of carbonyl (C=O) groups excluding carboxylic acids is 1. The van der Waals surface area contributed by atoms with Gasteiger partial charge in [0.05, 0.1) is 12.1 Å². The second-order valence-electron chi connectivity index (χ2n) is 9.11. The molecule has 6 heteroatoms. The lowest BCUT2D eigenvalue weighted by atomic mass is 9.77. The Morgan fingerprint density at radius 3 is 2.54 bits per heavy atom. The summed E-state index contributed by atoms with van der Waals surface area (Å²) in [6.45, 7) is 11.8. The highest BCUT2D eigenvalue weighted by atomic mass is 35.5. The molecule has 1 saturated carbocycles. The van der Waals surface area contributed by atoms with Gasteiger partial charge in [-0.2, -0.15) is 0 Å². The fourth-order valence-corrected chi connectivity index (χ4v) is 4.32. The smallest absolute Gasteiger partial charge is 0.263 e. The molecule has 1 aliphatic heterocycles. The number of aryl methyl sites for hydroxylation is 1. The van der Waals surface area contributed by atoms with Crippen molar-refractivity contribution in [1.82, 2.24) is 10.6 Å². The predicted octanol–water partition coefficient (Wildman–Crippen LogP) is 3.17. The van der Waals surface area contributed by atoms with Crippen LogP contribution < -0.4 is 15.4 Å². The van der Waals surface area contributed by atoms with Gasteiger partial charge in [0.25, 0.3) is 5.91 Å². The van der Waals surface area contributed by atoms with Gasteiger partial charge in [-0.05, 0) is 81.6 Å². The van der Waals surface area contributed by atoms with Crippen molar-refractivity contribution in [3.05, 3.63) is 29.3 Å². The fraction of sp³-hybridized carbons (Fsp3) is 0.682. The van der Waals surface area contributed by atoms with Crippen molar-refractivity contribution in [3.8, 4) is 5.75 Å². The summed E-state index contributed by atoms with van der Waals surface area (Å²) in [6, 6.07) is 5.93. The minimum absolute atomic E-state index is 0. The van der Waals surface area contributed by atoms with E-state index in [1.165, 1.54) is 0 Å². The van der Waals surface area contributed by atoms with Crippen LogP contribution in [0, 0.1) is 18.8 Å². The van der Waals surface area contributed by atoms with Crippen molar-refractivity contribution in [2.75, 3.05) is 13.1 Å². The van der Waals surface area contributed by atoms with Crippen LogP contribution in [0.25, 0.3) is 0 Å². The van der Waals surface area contributed by atoms with Crippen molar-refractivity contribution >= 4 is 18.3 Å². The van der Waals surface area contributed by atoms with E-state index in [1.54, 1.807) is 13.8 Å². The monoisotopic (exact) mass is 410 g/mol. The maximum atomic E-state index is 13.0. The van der Waals surface area contributed by atoms with E-state index in [-0.39, 0.29) is 24.4 Å². The number of nitrogens with one attached hydrogen (secondary N) is 2.